The van der Waals surface area contributed by atoms with E-state index >= 15 is 0 Å². The van der Waals surface area contributed by atoms with Crippen LogP contribution in [0.2, 0.25) is 0 Å². The third-order valence-corrected chi connectivity index (χ3v) is 3.82. The largest absolute Gasteiger partial charge is 0.323 e. The first kappa shape index (κ1) is 14.9. The third-order valence-electron chi connectivity index (χ3n) is 3.82. The van der Waals surface area contributed by atoms with Gasteiger partial charge >= 0.3 is 6.03 Å². The number of nitrogens with one attached hydrogen (secondary N) is 2. The van der Waals surface area contributed by atoms with Crippen LogP contribution < -0.4 is 10.6 Å². The Kier molecular flexibility index (Phi) is 5.41. The molecule has 4 nitrogen and oxygen atoms in total. The molecule has 0 aromatic heterocycles. The number of likely N-dealkylation sites (N-methyl/N-ethyl adjacent to an activating group) is 1. The monoisotopic (exact) mass is 275 g/mol. The molecule has 110 valence electrons. The van der Waals surface area contributed by atoms with Gasteiger partial charge in [0.25, 0.3) is 0 Å². The van der Waals surface area contributed by atoms with Gasteiger partial charge in [-0.15, -0.1) is 0 Å². The summed E-state index contributed by atoms with van der Waals surface area (Å²) in [7, 11) is 0. The normalized spacial score (nSPS) is 18.6. The Balaban J connectivity index is 1.89. The SMILES string of the molecule is CCN(CC1CCCCN1)C(=O)Nc1ccc(C)cc1. The van der Waals surface area contributed by atoms with E-state index in [1.807, 2.05) is 43.0 Å². The van der Waals surface area contributed by atoms with E-state index in [2.05, 4.69) is 10.6 Å². The highest BCUT2D eigenvalue weighted by Crippen LogP contribution is 2.12. The van der Waals surface area contributed by atoms with Gasteiger partial charge in [-0.3, -0.25) is 0 Å². The highest BCUT2D eigenvalue weighted by atomic mass is 16.2. The smallest absolute Gasteiger partial charge is 0.321 e. The molecule has 1 aliphatic heterocycles. The van der Waals surface area contributed by atoms with Gasteiger partial charge in [0.2, 0.25) is 0 Å². The van der Waals surface area contributed by atoms with Gasteiger partial charge in [-0.2, -0.15) is 0 Å². The lowest BCUT2D eigenvalue weighted by Crippen LogP contribution is -2.46. The average Bonchev–Trinajstić information content (AvgIpc) is 2.48. The van der Waals surface area contributed by atoms with Crippen molar-refractivity contribution < 1.29 is 4.79 Å². The molecule has 1 aliphatic rings. The highest BCUT2D eigenvalue weighted by molar-refractivity contribution is 5.89. The summed E-state index contributed by atoms with van der Waals surface area (Å²) in [4.78, 5) is 14.2. The number of aryl methyl sites for hydroxylation is 1. The van der Waals surface area contributed by atoms with E-state index in [4.69, 9.17) is 0 Å². The minimum Gasteiger partial charge on any atom is -0.323 e. The van der Waals surface area contributed by atoms with Crippen molar-refractivity contribution in [1.82, 2.24) is 10.2 Å². The summed E-state index contributed by atoms with van der Waals surface area (Å²) in [6, 6.07) is 8.33. The van der Waals surface area contributed by atoms with Crippen LogP contribution in [0.3, 0.4) is 0 Å². The van der Waals surface area contributed by atoms with Crippen LogP contribution in [-0.4, -0.2) is 36.6 Å². The summed E-state index contributed by atoms with van der Waals surface area (Å²) in [5.74, 6) is 0. The number of carbonyl (C=O) groups is 1. The molecule has 0 aliphatic carbocycles. The predicted molar refractivity (Wildman–Crippen MR) is 83.1 cm³/mol. The van der Waals surface area contributed by atoms with Gasteiger partial charge in [0, 0.05) is 24.8 Å². The summed E-state index contributed by atoms with van der Waals surface area (Å²) in [6.45, 7) is 6.65. The van der Waals surface area contributed by atoms with Crippen molar-refractivity contribution >= 4 is 11.7 Å². The van der Waals surface area contributed by atoms with Crippen molar-refractivity contribution in [3.63, 3.8) is 0 Å². The number of nitrogens with zero attached hydrogens (tertiary/aromatic N) is 1. The second kappa shape index (κ2) is 7.29. The molecule has 2 amide bonds. The molecule has 0 bridgehead atoms. The molecule has 1 aromatic carbocycles. The van der Waals surface area contributed by atoms with E-state index in [9.17, 15) is 4.79 Å². The summed E-state index contributed by atoms with van der Waals surface area (Å²) >= 11 is 0. The second-order valence-electron chi connectivity index (χ2n) is 5.48. The predicted octanol–water partition coefficient (Wildman–Crippen LogP) is 2.99. The third kappa shape index (κ3) is 4.23. The summed E-state index contributed by atoms with van der Waals surface area (Å²) in [5.41, 5.74) is 2.05. The average molecular weight is 275 g/mol. The van der Waals surface area contributed by atoms with Crippen LogP contribution in [-0.2, 0) is 0 Å². The summed E-state index contributed by atoms with van der Waals surface area (Å²) in [5, 5.41) is 6.46. The fraction of sp³-hybridized carbons (Fsp3) is 0.562. The van der Waals surface area contributed by atoms with Gasteiger partial charge in [-0.1, -0.05) is 24.1 Å². The second-order valence-corrected chi connectivity index (χ2v) is 5.48. The van der Waals surface area contributed by atoms with Crippen LogP contribution in [0.4, 0.5) is 10.5 Å². The molecule has 2 N–H and O–H groups in total. The number of anilines is 1. The van der Waals surface area contributed by atoms with Crippen LogP contribution in [0.1, 0.15) is 31.7 Å². The Morgan fingerprint density at radius 2 is 2.10 bits per heavy atom. The van der Waals surface area contributed by atoms with Gasteiger partial charge in [0.15, 0.2) is 0 Å². The molecule has 0 saturated carbocycles. The van der Waals surface area contributed by atoms with E-state index < -0.39 is 0 Å². The van der Waals surface area contributed by atoms with Crippen molar-refractivity contribution in [3.05, 3.63) is 29.8 Å². The highest BCUT2D eigenvalue weighted by Gasteiger charge is 2.19. The number of carbonyl (C=O) groups excluding carboxylic acids is 1. The Morgan fingerprint density at radius 3 is 2.70 bits per heavy atom. The fourth-order valence-corrected chi connectivity index (χ4v) is 2.54. The fourth-order valence-electron chi connectivity index (χ4n) is 2.54. The zero-order valence-electron chi connectivity index (χ0n) is 12.5. The number of rotatable bonds is 4. The minimum absolute atomic E-state index is 0.0104. The lowest BCUT2D eigenvalue weighted by atomic mass is 10.0. The molecule has 2 rings (SSSR count). The molecule has 1 unspecified atom stereocenters. The van der Waals surface area contributed by atoms with E-state index in [0.717, 1.165) is 31.7 Å². The number of amides is 2. The Labute approximate surface area is 121 Å². The van der Waals surface area contributed by atoms with Crippen LogP contribution in [0.5, 0.6) is 0 Å². The van der Waals surface area contributed by atoms with Crippen molar-refractivity contribution in [1.29, 1.82) is 0 Å². The molecule has 1 saturated heterocycles. The molecule has 0 radical (unpaired) electrons. The quantitative estimate of drug-likeness (QED) is 0.887. The van der Waals surface area contributed by atoms with Gasteiger partial charge < -0.3 is 15.5 Å². The number of hydrogen-bond acceptors (Lipinski definition) is 2. The molecule has 1 aromatic rings. The topological polar surface area (TPSA) is 44.4 Å². The van der Waals surface area contributed by atoms with Gasteiger partial charge in [-0.25, -0.2) is 4.79 Å². The van der Waals surface area contributed by atoms with E-state index in [1.54, 1.807) is 0 Å². The first-order valence-corrected chi connectivity index (χ1v) is 7.55. The maximum atomic E-state index is 12.3. The molecule has 1 heterocycles. The maximum absolute atomic E-state index is 12.3. The van der Waals surface area contributed by atoms with Gasteiger partial charge in [-0.05, 0) is 45.4 Å². The van der Waals surface area contributed by atoms with E-state index in [-0.39, 0.29) is 6.03 Å². The summed E-state index contributed by atoms with van der Waals surface area (Å²) < 4.78 is 0. The molecule has 1 fully saturated rings. The zero-order chi connectivity index (χ0) is 14.4. The van der Waals surface area contributed by atoms with E-state index in [1.165, 1.54) is 18.4 Å². The number of urea groups is 1. The number of hydrogen-bond donors (Lipinski definition) is 2. The number of piperidine rings is 1. The lowest BCUT2D eigenvalue weighted by molar-refractivity contribution is 0.203. The van der Waals surface area contributed by atoms with Crippen LogP contribution >= 0.6 is 0 Å². The molecule has 20 heavy (non-hydrogen) atoms. The first-order valence-electron chi connectivity index (χ1n) is 7.55. The molecule has 1 atom stereocenters. The van der Waals surface area contributed by atoms with Crippen molar-refractivity contribution in [2.24, 2.45) is 0 Å². The lowest BCUT2D eigenvalue weighted by Gasteiger charge is -2.30. The van der Waals surface area contributed by atoms with Gasteiger partial charge in [0.05, 0.1) is 0 Å². The van der Waals surface area contributed by atoms with E-state index in [0.29, 0.717) is 6.04 Å². The standard InChI is InChI=1S/C16H25N3O/c1-3-19(12-15-6-4-5-11-17-15)16(20)18-14-9-7-13(2)8-10-14/h7-10,15,17H,3-6,11-12H2,1-2H3,(H,18,20). The van der Waals surface area contributed by atoms with Crippen molar-refractivity contribution in [3.8, 4) is 0 Å². The minimum atomic E-state index is -0.0104. The molecule has 4 heteroatoms. The first-order chi connectivity index (χ1) is 9.69. The van der Waals surface area contributed by atoms with Crippen molar-refractivity contribution in [2.45, 2.75) is 39.2 Å². The maximum Gasteiger partial charge on any atom is 0.321 e. The van der Waals surface area contributed by atoms with Crippen LogP contribution in [0.25, 0.3) is 0 Å². The Morgan fingerprint density at radius 1 is 1.35 bits per heavy atom. The zero-order valence-corrected chi connectivity index (χ0v) is 12.5. The van der Waals surface area contributed by atoms with Crippen molar-refractivity contribution in [2.75, 3.05) is 25.0 Å². The Hall–Kier alpha value is -1.55. The van der Waals surface area contributed by atoms with Crippen LogP contribution in [0.15, 0.2) is 24.3 Å². The van der Waals surface area contributed by atoms with Gasteiger partial charge in [0.1, 0.15) is 0 Å². The van der Waals surface area contributed by atoms with Crippen LogP contribution in [0, 0.1) is 6.92 Å². The molecular formula is C16H25N3O. The Bertz CT molecular complexity index is 424. The molecule has 0 spiro atoms. The summed E-state index contributed by atoms with van der Waals surface area (Å²) in [6.07, 6.45) is 3.67. The number of benzene rings is 1. The molecular weight excluding hydrogens is 250 g/mol.